The number of guanidine groups is 1. The van der Waals surface area contributed by atoms with Crippen LogP contribution in [0.5, 0.6) is 5.75 Å². The van der Waals surface area contributed by atoms with E-state index in [1.54, 1.807) is 0 Å². The molecule has 0 fully saturated rings. The summed E-state index contributed by atoms with van der Waals surface area (Å²) >= 11 is 0. The Bertz CT molecular complexity index is 497. The summed E-state index contributed by atoms with van der Waals surface area (Å²) in [6, 6.07) is 8.30. The highest BCUT2D eigenvalue weighted by Crippen LogP contribution is 2.13. The Kier molecular flexibility index (Phi) is 11.5. The summed E-state index contributed by atoms with van der Waals surface area (Å²) < 4.78 is 5.51. The van der Waals surface area contributed by atoms with Gasteiger partial charge < -0.3 is 19.9 Å². The largest absolute Gasteiger partial charge is 0.494 e. The Morgan fingerprint density at radius 2 is 1.73 bits per heavy atom. The normalized spacial score (nSPS) is 11.7. The Morgan fingerprint density at radius 1 is 1.04 bits per heavy atom. The lowest BCUT2D eigenvalue weighted by Crippen LogP contribution is -2.38. The molecule has 148 valence electrons. The zero-order valence-corrected chi connectivity index (χ0v) is 17.4. The van der Waals surface area contributed by atoms with Crippen LogP contribution in [0.4, 0.5) is 0 Å². The van der Waals surface area contributed by atoms with Gasteiger partial charge in [-0.15, -0.1) is 0 Å². The highest BCUT2D eigenvalue weighted by molar-refractivity contribution is 5.79. The van der Waals surface area contributed by atoms with Crippen LogP contribution in [-0.2, 0) is 6.54 Å². The van der Waals surface area contributed by atoms with Gasteiger partial charge in [0, 0.05) is 26.7 Å². The van der Waals surface area contributed by atoms with E-state index in [1.807, 2.05) is 19.1 Å². The van der Waals surface area contributed by atoms with Gasteiger partial charge in [0.2, 0.25) is 0 Å². The standard InChI is InChI=1S/C21H38N4O/c1-6-22-21(23-16-10-11-17-25(7-2)8-3)24(5)18-19-12-14-20(15-13-19)26-9-4/h12-15H,6-11,16-18H2,1-5H3,(H,22,23). The first-order valence-electron chi connectivity index (χ1n) is 10.1. The van der Waals surface area contributed by atoms with Crippen LogP contribution in [0.1, 0.15) is 46.1 Å². The van der Waals surface area contributed by atoms with Crippen molar-refractivity contribution >= 4 is 5.96 Å². The van der Waals surface area contributed by atoms with Gasteiger partial charge in [0.1, 0.15) is 5.75 Å². The Hall–Kier alpha value is -1.75. The van der Waals surface area contributed by atoms with E-state index < -0.39 is 0 Å². The predicted octanol–water partition coefficient (Wildman–Crippen LogP) is 3.60. The summed E-state index contributed by atoms with van der Waals surface area (Å²) in [6.45, 7) is 15.3. The molecule has 26 heavy (non-hydrogen) atoms. The van der Waals surface area contributed by atoms with Gasteiger partial charge in [-0.3, -0.25) is 4.99 Å². The van der Waals surface area contributed by atoms with Crippen LogP contribution < -0.4 is 10.1 Å². The molecule has 0 aromatic heterocycles. The Balaban J connectivity index is 2.50. The molecule has 0 radical (unpaired) electrons. The maximum atomic E-state index is 5.51. The van der Waals surface area contributed by atoms with E-state index in [0.717, 1.165) is 50.9 Å². The molecular formula is C21H38N4O. The first kappa shape index (κ1) is 22.3. The smallest absolute Gasteiger partial charge is 0.193 e. The molecule has 0 aliphatic carbocycles. The van der Waals surface area contributed by atoms with Crippen molar-refractivity contribution in [1.29, 1.82) is 0 Å². The first-order valence-corrected chi connectivity index (χ1v) is 10.1. The van der Waals surface area contributed by atoms with Gasteiger partial charge in [-0.1, -0.05) is 26.0 Å². The van der Waals surface area contributed by atoms with E-state index in [-0.39, 0.29) is 0 Å². The second-order valence-electron chi connectivity index (χ2n) is 6.40. The van der Waals surface area contributed by atoms with Crippen LogP contribution in [-0.4, -0.2) is 62.1 Å². The molecule has 1 aromatic rings. The van der Waals surface area contributed by atoms with Gasteiger partial charge in [0.05, 0.1) is 6.61 Å². The lowest BCUT2D eigenvalue weighted by atomic mass is 10.2. The lowest BCUT2D eigenvalue weighted by Gasteiger charge is -2.22. The van der Waals surface area contributed by atoms with E-state index in [4.69, 9.17) is 9.73 Å². The number of hydrogen-bond acceptors (Lipinski definition) is 3. The second-order valence-corrected chi connectivity index (χ2v) is 6.40. The van der Waals surface area contributed by atoms with Crippen LogP contribution in [0, 0.1) is 0 Å². The van der Waals surface area contributed by atoms with Crippen LogP contribution in [0.3, 0.4) is 0 Å². The minimum atomic E-state index is 0.699. The van der Waals surface area contributed by atoms with Crippen LogP contribution in [0.25, 0.3) is 0 Å². The fraction of sp³-hybridized carbons (Fsp3) is 0.667. The molecule has 5 heteroatoms. The van der Waals surface area contributed by atoms with E-state index in [9.17, 15) is 0 Å². The third-order valence-corrected chi connectivity index (χ3v) is 4.39. The molecule has 0 saturated heterocycles. The quantitative estimate of drug-likeness (QED) is 0.350. The van der Waals surface area contributed by atoms with Crippen molar-refractivity contribution in [2.75, 3.05) is 46.4 Å². The predicted molar refractivity (Wildman–Crippen MR) is 112 cm³/mol. The molecule has 0 atom stereocenters. The SMILES string of the molecule is CCNC(=NCCCCN(CC)CC)N(C)Cc1ccc(OCC)cc1. The molecular weight excluding hydrogens is 324 g/mol. The highest BCUT2D eigenvalue weighted by Gasteiger charge is 2.07. The number of benzene rings is 1. The number of nitrogens with zero attached hydrogens (tertiary/aromatic N) is 3. The monoisotopic (exact) mass is 362 g/mol. The minimum Gasteiger partial charge on any atom is -0.494 e. The summed E-state index contributed by atoms with van der Waals surface area (Å²) in [5.74, 6) is 1.90. The van der Waals surface area contributed by atoms with Gasteiger partial charge >= 0.3 is 0 Å². The molecule has 0 spiro atoms. The van der Waals surface area contributed by atoms with Gasteiger partial charge in [0.25, 0.3) is 0 Å². The Labute approximate surface area is 160 Å². The molecule has 0 heterocycles. The van der Waals surface area contributed by atoms with Crippen molar-refractivity contribution < 1.29 is 4.74 Å². The van der Waals surface area contributed by atoms with Crippen LogP contribution in [0.15, 0.2) is 29.3 Å². The third-order valence-electron chi connectivity index (χ3n) is 4.39. The average molecular weight is 363 g/mol. The molecule has 1 N–H and O–H groups in total. The molecule has 5 nitrogen and oxygen atoms in total. The number of unbranched alkanes of at least 4 members (excludes halogenated alkanes) is 1. The van der Waals surface area contributed by atoms with Crippen molar-refractivity contribution in [3.8, 4) is 5.75 Å². The summed E-state index contributed by atoms with van der Waals surface area (Å²) in [7, 11) is 2.09. The minimum absolute atomic E-state index is 0.699. The van der Waals surface area contributed by atoms with E-state index in [2.05, 4.69) is 55.1 Å². The van der Waals surface area contributed by atoms with E-state index in [1.165, 1.54) is 18.5 Å². The number of ether oxygens (including phenoxy) is 1. The summed E-state index contributed by atoms with van der Waals surface area (Å²) in [4.78, 5) is 9.44. The fourth-order valence-corrected chi connectivity index (χ4v) is 2.85. The van der Waals surface area contributed by atoms with Crippen LogP contribution in [0.2, 0.25) is 0 Å². The molecule has 0 saturated carbocycles. The molecule has 0 unspecified atom stereocenters. The zero-order valence-electron chi connectivity index (χ0n) is 17.4. The lowest BCUT2D eigenvalue weighted by molar-refractivity contribution is 0.297. The number of aliphatic imine (C=N–C) groups is 1. The van der Waals surface area contributed by atoms with E-state index >= 15 is 0 Å². The van der Waals surface area contributed by atoms with Crippen molar-refractivity contribution in [1.82, 2.24) is 15.1 Å². The van der Waals surface area contributed by atoms with Crippen molar-refractivity contribution in [3.05, 3.63) is 29.8 Å². The first-order chi connectivity index (χ1) is 12.6. The van der Waals surface area contributed by atoms with Crippen molar-refractivity contribution in [3.63, 3.8) is 0 Å². The number of rotatable bonds is 12. The van der Waals surface area contributed by atoms with Crippen LogP contribution >= 0.6 is 0 Å². The Morgan fingerprint density at radius 3 is 2.31 bits per heavy atom. The van der Waals surface area contributed by atoms with Gasteiger partial charge in [0.15, 0.2) is 5.96 Å². The summed E-state index contributed by atoms with van der Waals surface area (Å²) in [5, 5.41) is 3.40. The third kappa shape index (κ3) is 8.56. The summed E-state index contributed by atoms with van der Waals surface area (Å²) in [6.07, 6.45) is 2.33. The molecule has 0 aliphatic rings. The van der Waals surface area contributed by atoms with E-state index in [0.29, 0.717) is 6.61 Å². The molecule has 1 aromatic carbocycles. The number of nitrogens with one attached hydrogen (secondary N) is 1. The molecule has 0 aliphatic heterocycles. The van der Waals surface area contributed by atoms with Gasteiger partial charge in [-0.25, -0.2) is 0 Å². The van der Waals surface area contributed by atoms with Crippen molar-refractivity contribution in [2.24, 2.45) is 4.99 Å². The molecule has 0 bridgehead atoms. The average Bonchev–Trinajstić information content (AvgIpc) is 2.65. The molecule has 0 amide bonds. The second kappa shape index (κ2) is 13.5. The summed E-state index contributed by atoms with van der Waals surface area (Å²) in [5.41, 5.74) is 1.25. The topological polar surface area (TPSA) is 40.1 Å². The fourth-order valence-electron chi connectivity index (χ4n) is 2.85. The molecule has 1 rings (SSSR count). The zero-order chi connectivity index (χ0) is 19.2. The van der Waals surface area contributed by atoms with Gasteiger partial charge in [-0.2, -0.15) is 0 Å². The maximum absolute atomic E-state index is 5.51. The van der Waals surface area contributed by atoms with Crippen molar-refractivity contribution in [2.45, 2.75) is 47.1 Å². The highest BCUT2D eigenvalue weighted by atomic mass is 16.5. The number of hydrogen-bond donors (Lipinski definition) is 1. The van der Waals surface area contributed by atoms with Gasteiger partial charge in [-0.05, 0) is 64.0 Å². The maximum Gasteiger partial charge on any atom is 0.193 e.